The van der Waals surface area contributed by atoms with Crippen LogP contribution in [0.1, 0.15) is 77.7 Å². The number of hydrogen-bond donors (Lipinski definition) is 0. The lowest BCUT2D eigenvalue weighted by molar-refractivity contribution is 0.372. The molecule has 0 aliphatic heterocycles. The fraction of sp³-hybridized carbons (Fsp3) is 0.800. The molecule has 0 saturated carbocycles. The highest BCUT2D eigenvalue weighted by Crippen LogP contribution is 2.21. The third-order valence-corrected chi connectivity index (χ3v) is 3.43. The van der Waals surface area contributed by atoms with E-state index in [-0.39, 0.29) is 0 Å². The molecule has 1 aromatic heterocycles. The molecule has 0 fully saturated rings. The summed E-state index contributed by atoms with van der Waals surface area (Å²) >= 11 is 0. The van der Waals surface area contributed by atoms with E-state index in [0.29, 0.717) is 6.04 Å². The molecule has 1 aromatic rings. The Balaban J connectivity index is 2.26. The topological polar surface area (TPSA) is 17.8 Å². The van der Waals surface area contributed by atoms with Crippen molar-refractivity contribution < 1.29 is 0 Å². The highest BCUT2D eigenvalue weighted by Gasteiger charge is 2.09. The molecule has 0 N–H and O–H groups in total. The normalized spacial score (nSPS) is 12.8. The van der Waals surface area contributed by atoms with Gasteiger partial charge in [0.2, 0.25) is 0 Å². The van der Waals surface area contributed by atoms with Gasteiger partial charge in [0.1, 0.15) is 0 Å². The van der Waals surface area contributed by atoms with Crippen LogP contribution in [0.25, 0.3) is 0 Å². The molecule has 1 rings (SSSR count). The van der Waals surface area contributed by atoms with Crippen molar-refractivity contribution in [2.24, 2.45) is 0 Å². The van der Waals surface area contributed by atoms with Gasteiger partial charge in [-0.15, -0.1) is 0 Å². The first-order chi connectivity index (χ1) is 8.38. The van der Waals surface area contributed by atoms with Crippen LogP contribution in [0.4, 0.5) is 0 Å². The standard InChI is InChI=1S/C15H28N2/c1-3-5-7-8-9-12-15(11-6-4-2)17-14-10-13-16-17/h10,13-15H,3-9,11-12H2,1-2H3. The third-order valence-electron chi connectivity index (χ3n) is 3.43. The monoisotopic (exact) mass is 236 g/mol. The summed E-state index contributed by atoms with van der Waals surface area (Å²) in [5.41, 5.74) is 0. The molecule has 0 radical (unpaired) electrons. The van der Waals surface area contributed by atoms with E-state index < -0.39 is 0 Å². The van der Waals surface area contributed by atoms with Gasteiger partial charge in [0.05, 0.1) is 6.04 Å². The summed E-state index contributed by atoms with van der Waals surface area (Å²) < 4.78 is 2.16. The van der Waals surface area contributed by atoms with Crippen LogP contribution in [0.15, 0.2) is 18.5 Å². The Morgan fingerprint density at radius 1 is 0.941 bits per heavy atom. The number of rotatable bonds is 10. The van der Waals surface area contributed by atoms with Crippen LogP contribution in [-0.4, -0.2) is 9.78 Å². The quantitative estimate of drug-likeness (QED) is 0.524. The van der Waals surface area contributed by atoms with Gasteiger partial charge in [-0.3, -0.25) is 4.68 Å². The summed E-state index contributed by atoms with van der Waals surface area (Å²) in [6, 6.07) is 2.67. The van der Waals surface area contributed by atoms with E-state index in [1.165, 1.54) is 57.8 Å². The van der Waals surface area contributed by atoms with Crippen molar-refractivity contribution in [1.82, 2.24) is 9.78 Å². The van der Waals surface area contributed by atoms with Crippen LogP contribution in [0.5, 0.6) is 0 Å². The fourth-order valence-electron chi connectivity index (χ4n) is 2.33. The molecule has 1 unspecified atom stereocenters. The van der Waals surface area contributed by atoms with Gasteiger partial charge >= 0.3 is 0 Å². The van der Waals surface area contributed by atoms with Crippen molar-refractivity contribution in [1.29, 1.82) is 0 Å². The van der Waals surface area contributed by atoms with Crippen molar-refractivity contribution in [3.05, 3.63) is 18.5 Å². The molecular formula is C15H28N2. The van der Waals surface area contributed by atoms with Crippen LogP contribution in [0.2, 0.25) is 0 Å². The first-order valence-electron chi connectivity index (χ1n) is 7.37. The first-order valence-corrected chi connectivity index (χ1v) is 7.37. The van der Waals surface area contributed by atoms with Crippen LogP contribution in [-0.2, 0) is 0 Å². The second-order valence-corrected chi connectivity index (χ2v) is 4.99. The molecule has 2 nitrogen and oxygen atoms in total. The molecule has 0 aromatic carbocycles. The molecule has 2 heteroatoms. The average molecular weight is 236 g/mol. The molecular weight excluding hydrogens is 208 g/mol. The van der Waals surface area contributed by atoms with Crippen molar-refractivity contribution in [2.75, 3.05) is 0 Å². The van der Waals surface area contributed by atoms with Gasteiger partial charge < -0.3 is 0 Å². The van der Waals surface area contributed by atoms with E-state index in [0.717, 1.165) is 0 Å². The minimum Gasteiger partial charge on any atom is -0.270 e. The Kier molecular flexibility index (Phi) is 7.78. The second-order valence-electron chi connectivity index (χ2n) is 4.99. The van der Waals surface area contributed by atoms with E-state index in [1.54, 1.807) is 0 Å². The minimum atomic E-state index is 0.631. The van der Waals surface area contributed by atoms with Gasteiger partial charge in [0.15, 0.2) is 0 Å². The Morgan fingerprint density at radius 3 is 2.29 bits per heavy atom. The Hall–Kier alpha value is -0.790. The van der Waals surface area contributed by atoms with Crippen molar-refractivity contribution in [2.45, 2.75) is 77.7 Å². The molecule has 1 heterocycles. The SMILES string of the molecule is CCCCCCCC(CCCC)n1cccn1. The van der Waals surface area contributed by atoms with Gasteiger partial charge in [-0.05, 0) is 18.9 Å². The molecule has 0 bridgehead atoms. The van der Waals surface area contributed by atoms with Gasteiger partial charge in [-0.1, -0.05) is 58.8 Å². The highest BCUT2D eigenvalue weighted by molar-refractivity contribution is 4.81. The van der Waals surface area contributed by atoms with E-state index in [2.05, 4.69) is 29.8 Å². The first kappa shape index (κ1) is 14.3. The van der Waals surface area contributed by atoms with Gasteiger partial charge in [0.25, 0.3) is 0 Å². The van der Waals surface area contributed by atoms with Crippen LogP contribution < -0.4 is 0 Å². The maximum Gasteiger partial charge on any atom is 0.0519 e. The van der Waals surface area contributed by atoms with E-state index >= 15 is 0 Å². The maximum absolute atomic E-state index is 4.40. The van der Waals surface area contributed by atoms with Crippen LogP contribution in [0.3, 0.4) is 0 Å². The van der Waals surface area contributed by atoms with Crippen LogP contribution >= 0.6 is 0 Å². The van der Waals surface area contributed by atoms with Crippen molar-refractivity contribution in [3.63, 3.8) is 0 Å². The molecule has 0 amide bonds. The van der Waals surface area contributed by atoms with Crippen LogP contribution in [0, 0.1) is 0 Å². The second kappa shape index (κ2) is 9.26. The number of unbranched alkanes of at least 4 members (excludes halogenated alkanes) is 5. The van der Waals surface area contributed by atoms with E-state index in [1.807, 2.05) is 12.3 Å². The summed E-state index contributed by atoms with van der Waals surface area (Å²) in [4.78, 5) is 0. The molecule has 0 spiro atoms. The fourth-order valence-corrected chi connectivity index (χ4v) is 2.33. The number of nitrogens with zero attached hydrogens (tertiary/aromatic N) is 2. The zero-order valence-corrected chi connectivity index (χ0v) is 11.6. The Bertz CT molecular complexity index is 254. The van der Waals surface area contributed by atoms with Crippen molar-refractivity contribution in [3.8, 4) is 0 Å². The summed E-state index contributed by atoms with van der Waals surface area (Å²) in [6.45, 7) is 4.54. The largest absolute Gasteiger partial charge is 0.270 e. The maximum atomic E-state index is 4.40. The van der Waals surface area contributed by atoms with Gasteiger partial charge in [-0.2, -0.15) is 5.10 Å². The van der Waals surface area contributed by atoms with Gasteiger partial charge in [-0.25, -0.2) is 0 Å². The van der Waals surface area contributed by atoms with Gasteiger partial charge in [0, 0.05) is 12.4 Å². The van der Waals surface area contributed by atoms with E-state index in [9.17, 15) is 0 Å². The highest BCUT2D eigenvalue weighted by atomic mass is 15.3. The number of aromatic nitrogens is 2. The van der Waals surface area contributed by atoms with Crippen molar-refractivity contribution >= 4 is 0 Å². The summed E-state index contributed by atoms with van der Waals surface area (Å²) in [7, 11) is 0. The summed E-state index contributed by atoms with van der Waals surface area (Å²) in [5.74, 6) is 0. The molecule has 0 aliphatic rings. The lowest BCUT2D eigenvalue weighted by atomic mass is 10.0. The molecule has 98 valence electrons. The lowest BCUT2D eigenvalue weighted by Gasteiger charge is -2.17. The molecule has 17 heavy (non-hydrogen) atoms. The Morgan fingerprint density at radius 2 is 1.65 bits per heavy atom. The molecule has 1 atom stereocenters. The van der Waals surface area contributed by atoms with E-state index in [4.69, 9.17) is 0 Å². The predicted octanol–water partition coefficient (Wildman–Crippen LogP) is 4.97. The minimum absolute atomic E-state index is 0.631. The zero-order valence-electron chi connectivity index (χ0n) is 11.6. The molecule has 0 saturated heterocycles. The third kappa shape index (κ3) is 5.90. The Labute approximate surface area is 106 Å². The summed E-state index contributed by atoms with van der Waals surface area (Å²) in [5, 5.41) is 4.40. The summed E-state index contributed by atoms with van der Waals surface area (Å²) in [6.07, 6.45) is 16.1. The predicted molar refractivity (Wildman–Crippen MR) is 74.2 cm³/mol. The average Bonchev–Trinajstić information content (AvgIpc) is 2.86. The smallest absolute Gasteiger partial charge is 0.0519 e. The zero-order chi connectivity index (χ0) is 12.3. The lowest BCUT2D eigenvalue weighted by Crippen LogP contribution is -2.09. The number of hydrogen-bond acceptors (Lipinski definition) is 1. The molecule has 0 aliphatic carbocycles.